The first-order valence-corrected chi connectivity index (χ1v) is 5.16. The maximum atomic E-state index is 6.24. The van der Waals surface area contributed by atoms with Crippen LogP contribution < -0.4 is 5.73 Å². The van der Waals surface area contributed by atoms with Crippen molar-refractivity contribution in [2.24, 2.45) is 11.1 Å². The molecule has 0 amide bonds. The van der Waals surface area contributed by atoms with Gasteiger partial charge in [0, 0.05) is 11.7 Å². The molecule has 1 aliphatic rings. The van der Waals surface area contributed by atoms with Crippen LogP contribution in [0.2, 0.25) is 0 Å². The van der Waals surface area contributed by atoms with Crippen molar-refractivity contribution in [3.8, 4) is 0 Å². The summed E-state index contributed by atoms with van der Waals surface area (Å²) in [4.78, 5) is 4.19. The second-order valence-corrected chi connectivity index (χ2v) is 5.21. The Morgan fingerprint density at radius 1 is 1.46 bits per heavy atom. The quantitative estimate of drug-likeness (QED) is 0.767. The molecule has 2 rings (SSSR count). The van der Waals surface area contributed by atoms with Crippen molar-refractivity contribution < 1.29 is 0 Å². The van der Waals surface area contributed by atoms with E-state index in [4.69, 9.17) is 5.73 Å². The zero-order valence-corrected chi connectivity index (χ0v) is 9.43. The van der Waals surface area contributed by atoms with Gasteiger partial charge in [-0.05, 0) is 39.4 Å². The van der Waals surface area contributed by atoms with E-state index in [-0.39, 0.29) is 11.0 Å². The molecule has 2 N–H and O–H groups in total. The van der Waals surface area contributed by atoms with Gasteiger partial charge in [-0.1, -0.05) is 19.9 Å². The van der Waals surface area contributed by atoms with Gasteiger partial charge in [0.2, 0.25) is 0 Å². The highest BCUT2D eigenvalue weighted by Crippen LogP contribution is 2.60. The Hall–Kier alpha value is -0.410. The van der Waals surface area contributed by atoms with Crippen molar-refractivity contribution in [1.82, 2.24) is 4.98 Å². The fourth-order valence-electron chi connectivity index (χ4n) is 1.79. The number of hydrogen-bond acceptors (Lipinski definition) is 2. The van der Waals surface area contributed by atoms with Crippen molar-refractivity contribution in [1.29, 1.82) is 0 Å². The lowest BCUT2D eigenvalue weighted by Crippen LogP contribution is -2.25. The highest BCUT2D eigenvalue weighted by atomic mass is 79.9. The van der Waals surface area contributed by atoms with E-state index in [1.165, 1.54) is 0 Å². The van der Waals surface area contributed by atoms with Crippen molar-refractivity contribution in [3.05, 3.63) is 28.5 Å². The summed E-state index contributed by atoms with van der Waals surface area (Å²) in [5.74, 6) is 0. The smallest absolute Gasteiger partial charge is 0.106 e. The predicted molar refractivity (Wildman–Crippen MR) is 56.2 cm³/mol. The van der Waals surface area contributed by atoms with Gasteiger partial charge in [-0.15, -0.1) is 0 Å². The third kappa shape index (κ3) is 1.30. The molecular formula is C10H13BrN2. The summed E-state index contributed by atoms with van der Waals surface area (Å²) in [6.07, 6.45) is 2.90. The fourth-order valence-corrected chi connectivity index (χ4v) is 2.02. The first-order chi connectivity index (χ1) is 5.96. The Labute approximate surface area is 86.7 Å². The van der Waals surface area contributed by atoms with Gasteiger partial charge in [-0.25, -0.2) is 4.98 Å². The molecule has 1 unspecified atom stereocenters. The van der Waals surface area contributed by atoms with Crippen molar-refractivity contribution in [2.75, 3.05) is 0 Å². The summed E-state index contributed by atoms with van der Waals surface area (Å²) < 4.78 is 0.860. The Kier molecular flexibility index (Phi) is 1.79. The molecule has 70 valence electrons. The lowest BCUT2D eigenvalue weighted by Gasteiger charge is -2.14. The van der Waals surface area contributed by atoms with Crippen LogP contribution in [0.4, 0.5) is 0 Å². The van der Waals surface area contributed by atoms with Crippen molar-refractivity contribution >= 4 is 15.9 Å². The van der Waals surface area contributed by atoms with E-state index in [2.05, 4.69) is 34.8 Å². The van der Waals surface area contributed by atoms with E-state index >= 15 is 0 Å². The van der Waals surface area contributed by atoms with Crippen LogP contribution in [0.1, 0.15) is 25.8 Å². The zero-order valence-electron chi connectivity index (χ0n) is 7.84. The summed E-state index contributed by atoms with van der Waals surface area (Å²) in [7, 11) is 0. The maximum Gasteiger partial charge on any atom is 0.106 e. The Balaban J connectivity index is 2.34. The number of hydrogen-bond donors (Lipinski definition) is 1. The van der Waals surface area contributed by atoms with Gasteiger partial charge >= 0.3 is 0 Å². The average Bonchev–Trinajstić information content (AvgIpc) is 2.53. The minimum absolute atomic E-state index is 0.152. The first-order valence-electron chi connectivity index (χ1n) is 4.37. The average molecular weight is 241 g/mol. The number of nitrogens with two attached hydrogens (primary N) is 1. The van der Waals surface area contributed by atoms with Crippen LogP contribution >= 0.6 is 15.9 Å². The van der Waals surface area contributed by atoms with Gasteiger partial charge in [0.1, 0.15) is 4.60 Å². The molecule has 2 nitrogen and oxygen atoms in total. The second kappa shape index (κ2) is 2.55. The van der Waals surface area contributed by atoms with Crippen molar-refractivity contribution in [2.45, 2.75) is 25.8 Å². The third-order valence-electron chi connectivity index (χ3n) is 3.05. The van der Waals surface area contributed by atoms with E-state index in [1.807, 2.05) is 18.3 Å². The number of nitrogens with zero attached hydrogens (tertiary/aromatic N) is 1. The fraction of sp³-hybridized carbons (Fsp3) is 0.500. The summed E-state index contributed by atoms with van der Waals surface area (Å²) in [5, 5.41) is 0. The Bertz CT molecular complexity index is 331. The molecule has 1 fully saturated rings. The molecule has 1 aliphatic carbocycles. The summed E-state index contributed by atoms with van der Waals surface area (Å²) in [5.41, 5.74) is 7.45. The van der Waals surface area contributed by atoms with Gasteiger partial charge in [0.05, 0.1) is 0 Å². The number of rotatable bonds is 1. The highest BCUT2D eigenvalue weighted by Gasteiger charge is 2.59. The van der Waals surface area contributed by atoms with Gasteiger partial charge in [0.25, 0.3) is 0 Å². The van der Waals surface area contributed by atoms with Crippen LogP contribution in [-0.4, -0.2) is 4.98 Å². The molecule has 1 heterocycles. The molecule has 1 aromatic heterocycles. The number of halogens is 1. The second-order valence-electron chi connectivity index (χ2n) is 4.40. The van der Waals surface area contributed by atoms with Crippen LogP contribution in [0, 0.1) is 5.41 Å². The molecule has 0 bridgehead atoms. The third-order valence-corrected chi connectivity index (χ3v) is 3.52. The highest BCUT2D eigenvalue weighted by molar-refractivity contribution is 9.10. The molecule has 13 heavy (non-hydrogen) atoms. The van der Waals surface area contributed by atoms with Gasteiger partial charge < -0.3 is 5.73 Å². The Morgan fingerprint density at radius 3 is 2.46 bits per heavy atom. The van der Waals surface area contributed by atoms with Crippen molar-refractivity contribution in [3.63, 3.8) is 0 Å². The summed E-state index contributed by atoms with van der Waals surface area (Å²) in [6.45, 7) is 4.38. The molecule has 1 aromatic rings. The van der Waals surface area contributed by atoms with Crippen LogP contribution in [0.5, 0.6) is 0 Å². The molecule has 0 aromatic carbocycles. The largest absolute Gasteiger partial charge is 0.321 e. The molecular weight excluding hydrogens is 228 g/mol. The predicted octanol–water partition coefficient (Wildman–Crippen LogP) is 2.43. The molecule has 0 saturated heterocycles. The first kappa shape index (κ1) is 9.16. The van der Waals surface area contributed by atoms with Crippen LogP contribution in [0.25, 0.3) is 0 Å². The zero-order chi connectivity index (χ0) is 9.69. The lowest BCUT2D eigenvalue weighted by molar-refractivity contribution is 0.509. The van der Waals surface area contributed by atoms with E-state index < -0.39 is 0 Å². The minimum Gasteiger partial charge on any atom is -0.321 e. The molecule has 3 heteroatoms. The SMILES string of the molecule is CC1(C)CC1(N)c1ccc(Br)nc1. The lowest BCUT2D eigenvalue weighted by atomic mass is 9.99. The van der Waals surface area contributed by atoms with Gasteiger partial charge in [-0.3, -0.25) is 0 Å². The molecule has 0 radical (unpaired) electrons. The van der Waals surface area contributed by atoms with Crippen LogP contribution in [0.15, 0.2) is 22.9 Å². The topological polar surface area (TPSA) is 38.9 Å². The maximum absolute atomic E-state index is 6.24. The van der Waals surface area contributed by atoms with E-state index in [1.54, 1.807) is 0 Å². The summed E-state index contributed by atoms with van der Waals surface area (Å²) >= 11 is 3.31. The Morgan fingerprint density at radius 2 is 2.08 bits per heavy atom. The minimum atomic E-state index is -0.152. The summed E-state index contributed by atoms with van der Waals surface area (Å²) in [6, 6.07) is 3.99. The standard InChI is InChI=1S/C10H13BrN2/c1-9(2)6-10(9,12)7-3-4-8(11)13-5-7/h3-5H,6,12H2,1-2H3. The van der Waals surface area contributed by atoms with E-state index in [0.717, 1.165) is 16.6 Å². The van der Waals surface area contributed by atoms with E-state index in [0.29, 0.717) is 0 Å². The molecule has 0 spiro atoms. The monoisotopic (exact) mass is 240 g/mol. The molecule has 1 atom stereocenters. The van der Waals surface area contributed by atoms with Crippen LogP contribution in [0.3, 0.4) is 0 Å². The molecule has 1 saturated carbocycles. The number of aromatic nitrogens is 1. The van der Waals surface area contributed by atoms with Gasteiger partial charge in [0.15, 0.2) is 0 Å². The number of pyridine rings is 1. The normalized spacial score (nSPS) is 30.2. The molecule has 0 aliphatic heterocycles. The van der Waals surface area contributed by atoms with E-state index in [9.17, 15) is 0 Å². The van der Waals surface area contributed by atoms with Crippen LogP contribution in [-0.2, 0) is 5.54 Å². The van der Waals surface area contributed by atoms with Gasteiger partial charge in [-0.2, -0.15) is 0 Å².